The van der Waals surface area contributed by atoms with Crippen LogP contribution in [0.1, 0.15) is 27.8 Å². The zero-order chi connectivity index (χ0) is 23.0. The first-order chi connectivity index (χ1) is 16.1. The topological polar surface area (TPSA) is 3.24 Å². The molecule has 1 nitrogen and oxygen atoms in total. The van der Waals surface area contributed by atoms with E-state index in [2.05, 4.69) is 121 Å². The van der Waals surface area contributed by atoms with Gasteiger partial charge in [-0.15, -0.1) is 6.42 Å². The summed E-state index contributed by atoms with van der Waals surface area (Å²) in [4.78, 5) is 2.28. The molecule has 0 unspecified atom stereocenters. The molecule has 0 bridgehead atoms. The summed E-state index contributed by atoms with van der Waals surface area (Å²) in [6.07, 6.45) is 9.41. The van der Waals surface area contributed by atoms with E-state index in [0.717, 1.165) is 33.8 Å². The van der Waals surface area contributed by atoms with Crippen LogP contribution in [0.15, 0.2) is 97.1 Å². The highest BCUT2D eigenvalue weighted by molar-refractivity contribution is 5.78. The Kier molecular flexibility index (Phi) is 6.75. The summed E-state index contributed by atoms with van der Waals surface area (Å²) in [6, 6.07) is 33.9. The average molecular weight is 424 g/mol. The van der Waals surface area contributed by atoms with Crippen molar-refractivity contribution in [3.05, 3.63) is 125 Å². The van der Waals surface area contributed by atoms with E-state index in [9.17, 15) is 0 Å². The van der Waals surface area contributed by atoms with Crippen LogP contribution in [0.25, 0.3) is 12.2 Å². The first-order valence-corrected chi connectivity index (χ1v) is 10.9. The Balaban J connectivity index is 1.58. The summed E-state index contributed by atoms with van der Waals surface area (Å²) in [5.74, 6) is 7.91. The van der Waals surface area contributed by atoms with E-state index in [1.807, 2.05) is 24.3 Å². The van der Waals surface area contributed by atoms with Crippen molar-refractivity contribution in [1.82, 2.24) is 0 Å². The third-order valence-corrected chi connectivity index (χ3v) is 5.39. The molecular weight excluding hydrogens is 398 g/mol. The Bertz CT molecular complexity index is 1290. The third-order valence-electron chi connectivity index (χ3n) is 5.39. The molecule has 0 aromatic heterocycles. The van der Waals surface area contributed by atoms with Crippen molar-refractivity contribution < 1.29 is 0 Å². The second-order valence-electron chi connectivity index (χ2n) is 7.95. The van der Waals surface area contributed by atoms with Crippen LogP contribution in [0.4, 0.5) is 17.1 Å². The molecule has 0 spiro atoms. The molecular formula is C32H25N. The lowest BCUT2D eigenvalue weighted by atomic mass is 10.1. The number of hydrogen-bond donors (Lipinski definition) is 0. The molecule has 1 heteroatoms. The van der Waals surface area contributed by atoms with Crippen LogP contribution in [0.5, 0.6) is 0 Å². The quantitative estimate of drug-likeness (QED) is 0.233. The molecule has 0 heterocycles. The highest BCUT2D eigenvalue weighted by Crippen LogP contribution is 2.34. The van der Waals surface area contributed by atoms with Crippen LogP contribution in [0.2, 0.25) is 0 Å². The predicted octanol–water partition coefficient (Wildman–Crippen LogP) is 7.93. The number of terminal acetylenes is 1. The van der Waals surface area contributed by atoms with Gasteiger partial charge in [-0.2, -0.15) is 0 Å². The SMILES string of the molecule is C#CC#Cc1ccc(/C=C/c2ccc(N(c3ccc(C)cc3)c3ccc(C)cc3)cc2)cc1. The second kappa shape index (κ2) is 10.2. The van der Waals surface area contributed by atoms with Crippen LogP contribution >= 0.6 is 0 Å². The van der Waals surface area contributed by atoms with E-state index >= 15 is 0 Å². The molecule has 0 aliphatic carbocycles. The van der Waals surface area contributed by atoms with E-state index in [0.29, 0.717) is 0 Å². The zero-order valence-corrected chi connectivity index (χ0v) is 18.9. The highest BCUT2D eigenvalue weighted by atomic mass is 15.1. The number of aryl methyl sites for hydroxylation is 2. The van der Waals surface area contributed by atoms with Crippen molar-refractivity contribution in [1.29, 1.82) is 0 Å². The van der Waals surface area contributed by atoms with Gasteiger partial charge in [0.15, 0.2) is 0 Å². The molecule has 0 atom stereocenters. The minimum Gasteiger partial charge on any atom is -0.311 e. The van der Waals surface area contributed by atoms with Crippen molar-refractivity contribution in [2.24, 2.45) is 0 Å². The lowest BCUT2D eigenvalue weighted by molar-refractivity contribution is 1.27. The largest absolute Gasteiger partial charge is 0.311 e. The lowest BCUT2D eigenvalue weighted by Gasteiger charge is -2.25. The standard InChI is InChI=1S/C32H25N/c1-4-5-6-27-11-13-28(14-12-27)15-16-29-17-23-32(24-18-29)33(30-19-7-25(2)8-20-30)31-21-9-26(3)10-22-31/h1,7-24H,2-3H3/b16-15+. The molecule has 0 aliphatic heterocycles. The minimum absolute atomic E-state index is 0.918. The molecule has 0 N–H and O–H groups in total. The number of nitrogens with zero attached hydrogens (tertiary/aromatic N) is 1. The minimum atomic E-state index is 0.918. The average Bonchev–Trinajstić information content (AvgIpc) is 2.85. The van der Waals surface area contributed by atoms with Gasteiger partial charge in [-0.3, -0.25) is 0 Å². The Labute approximate surface area is 197 Å². The molecule has 0 fully saturated rings. The van der Waals surface area contributed by atoms with Crippen LogP contribution in [-0.2, 0) is 0 Å². The third kappa shape index (κ3) is 5.62. The molecule has 4 aromatic rings. The molecule has 4 aromatic carbocycles. The normalized spacial score (nSPS) is 10.3. The fourth-order valence-electron chi connectivity index (χ4n) is 3.55. The van der Waals surface area contributed by atoms with Gasteiger partial charge < -0.3 is 4.90 Å². The van der Waals surface area contributed by atoms with Gasteiger partial charge >= 0.3 is 0 Å². The summed E-state index contributed by atoms with van der Waals surface area (Å²) >= 11 is 0. The molecule has 0 saturated carbocycles. The van der Waals surface area contributed by atoms with E-state index in [-0.39, 0.29) is 0 Å². The Morgan fingerprint density at radius 1 is 0.576 bits per heavy atom. The molecule has 158 valence electrons. The van der Waals surface area contributed by atoms with Crippen molar-refractivity contribution in [3.63, 3.8) is 0 Å². The number of rotatable bonds is 5. The fraction of sp³-hybridized carbons (Fsp3) is 0.0625. The van der Waals surface area contributed by atoms with E-state index in [1.54, 1.807) is 0 Å². The molecule has 4 rings (SSSR count). The summed E-state index contributed by atoms with van der Waals surface area (Å²) in [5.41, 5.74) is 9.08. The van der Waals surface area contributed by atoms with Crippen molar-refractivity contribution >= 4 is 29.2 Å². The van der Waals surface area contributed by atoms with Crippen molar-refractivity contribution in [2.75, 3.05) is 4.90 Å². The highest BCUT2D eigenvalue weighted by Gasteiger charge is 2.12. The van der Waals surface area contributed by atoms with Gasteiger partial charge in [0, 0.05) is 22.6 Å². The number of hydrogen-bond acceptors (Lipinski definition) is 1. The van der Waals surface area contributed by atoms with E-state index in [1.165, 1.54) is 11.1 Å². The molecule has 0 radical (unpaired) electrons. The maximum Gasteiger partial charge on any atom is 0.0462 e. The van der Waals surface area contributed by atoms with Gasteiger partial charge in [0.2, 0.25) is 0 Å². The van der Waals surface area contributed by atoms with Crippen molar-refractivity contribution in [2.45, 2.75) is 13.8 Å². The van der Waals surface area contributed by atoms with E-state index < -0.39 is 0 Å². The lowest BCUT2D eigenvalue weighted by Crippen LogP contribution is -2.09. The fourth-order valence-corrected chi connectivity index (χ4v) is 3.55. The maximum absolute atomic E-state index is 5.19. The molecule has 0 amide bonds. The van der Waals surface area contributed by atoms with Crippen LogP contribution in [0, 0.1) is 38.0 Å². The van der Waals surface area contributed by atoms with Gasteiger partial charge in [0.05, 0.1) is 0 Å². The van der Waals surface area contributed by atoms with Gasteiger partial charge in [-0.1, -0.05) is 77.7 Å². The van der Waals surface area contributed by atoms with Gasteiger partial charge in [0.1, 0.15) is 0 Å². The molecule has 0 aliphatic rings. The van der Waals surface area contributed by atoms with E-state index in [4.69, 9.17) is 6.42 Å². The van der Waals surface area contributed by atoms with Gasteiger partial charge in [0.25, 0.3) is 0 Å². The summed E-state index contributed by atoms with van der Waals surface area (Å²) in [5, 5.41) is 0. The van der Waals surface area contributed by atoms with Crippen LogP contribution in [0.3, 0.4) is 0 Å². The maximum atomic E-state index is 5.19. The smallest absolute Gasteiger partial charge is 0.0462 e. The summed E-state index contributed by atoms with van der Waals surface area (Å²) in [7, 11) is 0. The van der Waals surface area contributed by atoms with Gasteiger partial charge in [-0.25, -0.2) is 0 Å². The monoisotopic (exact) mass is 423 g/mol. The molecule has 33 heavy (non-hydrogen) atoms. The number of anilines is 3. The van der Waals surface area contributed by atoms with Gasteiger partial charge in [-0.05, 0) is 85.3 Å². The summed E-state index contributed by atoms with van der Waals surface area (Å²) in [6.45, 7) is 4.22. The first kappa shape index (κ1) is 21.8. The number of benzene rings is 4. The Morgan fingerprint density at radius 2 is 0.970 bits per heavy atom. The van der Waals surface area contributed by atoms with Crippen molar-refractivity contribution in [3.8, 4) is 24.2 Å². The molecule has 0 saturated heterocycles. The Hall–Kier alpha value is -4.46. The van der Waals surface area contributed by atoms with Crippen LogP contribution in [-0.4, -0.2) is 0 Å². The summed E-state index contributed by atoms with van der Waals surface area (Å²) < 4.78 is 0. The predicted molar refractivity (Wildman–Crippen MR) is 142 cm³/mol. The first-order valence-electron chi connectivity index (χ1n) is 10.9. The van der Waals surface area contributed by atoms with Crippen LogP contribution < -0.4 is 4.90 Å². The zero-order valence-electron chi connectivity index (χ0n) is 18.9. The Morgan fingerprint density at radius 3 is 1.39 bits per heavy atom. The second-order valence-corrected chi connectivity index (χ2v) is 7.95.